The lowest BCUT2D eigenvalue weighted by atomic mass is 9.89. The molecular formula is C56H38N2. The molecule has 10 aromatic rings. The van der Waals surface area contributed by atoms with Crippen molar-refractivity contribution in [2.75, 3.05) is 9.80 Å². The molecule has 0 fully saturated rings. The molecule has 0 unspecified atom stereocenters. The Morgan fingerprint density at radius 3 is 1.21 bits per heavy atom. The molecule has 0 aliphatic carbocycles. The van der Waals surface area contributed by atoms with Crippen LogP contribution in [-0.4, -0.2) is 0 Å². The first-order valence-electron chi connectivity index (χ1n) is 19.9. The second-order valence-corrected chi connectivity index (χ2v) is 15.0. The number of hydrogen-bond acceptors (Lipinski definition) is 2. The molecule has 1 heterocycles. The summed E-state index contributed by atoms with van der Waals surface area (Å²) in [6, 6.07) is 83.6. The molecule has 1 aliphatic rings. The monoisotopic (exact) mass is 738 g/mol. The number of rotatable bonds is 7. The average molecular weight is 739 g/mol. The third kappa shape index (κ3) is 5.91. The van der Waals surface area contributed by atoms with Gasteiger partial charge in [0.25, 0.3) is 0 Å². The minimum Gasteiger partial charge on any atom is -0.311 e. The Hall–Kier alpha value is -7.68. The topological polar surface area (TPSA) is 6.48 Å². The molecule has 0 bridgehead atoms. The molecule has 11 rings (SSSR count). The van der Waals surface area contributed by atoms with Crippen molar-refractivity contribution in [3.8, 4) is 44.5 Å². The van der Waals surface area contributed by atoms with Crippen LogP contribution in [0.2, 0.25) is 0 Å². The standard InChI is InChI=1S/C56H38N2/c1-3-11-39(12-4-1)41-21-29-48(30-22-41)57(49-31-23-42(24-32-49)40-13-5-2-6-14-40)50-33-25-43(26-34-50)44-27-35-51(36-28-44)58-54-20-10-18-45-17-9-19-52(56(45)54)53-37-46-15-7-8-16-47(46)38-55(53)58/h1-38H. The average Bonchev–Trinajstić information content (AvgIpc) is 3.30. The predicted molar refractivity (Wildman–Crippen MR) is 246 cm³/mol. The lowest BCUT2D eigenvalue weighted by Crippen LogP contribution is -2.15. The zero-order valence-electron chi connectivity index (χ0n) is 31.8. The highest BCUT2D eigenvalue weighted by molar-refractivity contribution is 6.15. The Morgan fingerprint density at radius 2 is 0.690 bits per heavy atom. The Morgan fingerprint density at radius 1 is 0.276 bits per heavy atom. The SMILES string of the molecule is c1ccc(-c2ccc(N(c3ccc(-c4ccccc4)cc3)c3ccc(-c4ccc(N5c6cc7ccccc7cc6-c6cccc7cccc5c67)cc4)cc3)cc2)cc1. The number of nitrogens with zero attached hydrogens (tertiary/aromatic N) is 2. The van der Waals surface area contributed by atoms with Crippen LogP contribution in [0.5, 0.6) is 0 Å². The summed E-state index contributed by atoms with van der Waals surface area (Å²) in [6.45, 7) is 0. The first-order valence-corrected chi connectivity index (χ1v) is 19.9. The van der Waals surface area contributed by atoms with E-state index in [1.165, 1.54) is 77.4 Å². The van der Waals surface area contributed by atoms with Gasteiger partial charge in [-0.05, 0) is 122 Å². The molecule has 0 saturated carbocycles. The molecule has 0 aromatic heterocycles. The maximum atomic E-state index is 2.44. The van der Waals surface area contributed by atoms with Gasteiger partial charge in [0.2, 0.25) is 0 Å². The van der Waals surface area contributed by atoms with Crippen molar-refractivity contribution < 1.29 is 0 Å². The van der Waals surface area contributed by atoms with E-state index in [0.717, 1.165) is 22.7 Å². The smallest absolute Gasteiger partial charge is 0.0546 e. The quantitative estimate of drug-likeness (QED) is 0.161. The van der Waals surface area contributed by atoms with Crippen LogP contribution in [0.25, 0.3) is 66.1 Å². The second kappa shape index (κ2) is 14.1. The lowest BCUT2D eigenvalue weighted by molar-refractivity contribution is 1.28. The van der Waals surface area contributed by atoms with Gasteiger partial charge in [0.1, 0.15) is 0 Å². The van der Waals surface area contributed by atoms with Crippen LogP contribution in [-0.2, 0) is 0 Å². The summed E-state index contributed by atoms with van der Waals surface area (Å²) in [5.74, 6) is 0. The summed E-state index contributed by atoms with van der Waals surface area (Å²) >= 11 is 0. The van der Waals surface area contributed by atoms with Gasteiger partial charge in [-0.1, -0.05) is 164 Å². The van der Waals surface area contributed by atoms with Gasteiger partial charge in [-0.25, -0.2) is 0 Å². The minimum absolute atomic E-state index is 1.10. The van der Waals surface area contributed by atoms with Crippen molar-refractivity contribution in [2.24, 2.45) is 0 Å². The van der Waals surface area contributed by atoms with Crippen LogP contribution < -0.4 is 9.80 Å². The fraction of sp³-hybridized carbons (Fsp3) is 0. The highest BCUT2D eigenvalue weighted by Crippen LogP contribution is 2.52. The maximum Gasteiger partial charge on any atom is 0.0546 e. The highest BCUT2D eigenvalue weighted by Gasteiger charge is 2.26. The summed E-state index contributed by atoms with van der Waals surface area (Å²) in [4.78, 5) is 4.78. The van der Waals surface area contributed by atoms with Crippen LogP contribution in [0.3, 0.4) is 0 Å². The number of benzene rings is 10. The van der Waals surface area contributed by atoms with Crippen molar-refractivity contribution >= 4 is 55.7 Å². The lowest BCUT2D eigenvalue weighted by Gasteiger charge is -2.34. The van der Waals surface area contributed by atoms with Gasteiger partial charge in [0, 0.05) is 33.7 Å². The maximum absolute atomic E-state index is 2.44. The molecule has 0 N–H and O–H groups in total. The van der Waals surface area contributed by atoms with Gasteiger partial charge in [0.05, 0.1) is 11.4 Å². The zero-order chi connectivity index (χ0) is 38.4. The van der Waals surface area contributed by atoms with Crippen LogP contribution in [0.4, 0.5) is 34.1 Å². The van der Waals surface area contributed by atoms with E-state index in [1.807, 2.05) is 0 Å². The van der Waals surface area contributed by atoms with E-state index in [-0.39, 0.29) is 0 Å². The van der Waals surface area contributed by atoms with E-state index in [4.69, 9.17) is 0 Å². The number of fused-ring (bicyclic) bond motifs is 3. The normalized spacial score (nSPS) is 11.8. The molecule has 0 amide bonds. The van der Waals surface area contributed by atoms with Gasteiger partial charge in [0.15, 0.2) is 0 Å². The van der Waals surface area contributed by atoms with Crippen molar-refractivity contribution in [3.05, 3.63) is 231 Å². The molecule has 0 saturated heterocycles. The molecule has 0 atom stereocenters. The summed E-state index contributed by atoms with van der Waals surface area (Å²) in [5.41, 5.74) is 16.6. The van der Waals surface area contributed by atoms with Crippen LogP contribution in [0.15, 0.2) is 231 Å². The van der Waals surface area contributed by atoms with Crippen molar-refractivity contribution in [3.63, 3.8) is 0 Å². The van der Waals surface area contributed by atoms with Gasteiger partial charge in [-0.15, -0.1) is 0 Å². The van der Waals surface area contributed by atoms with Gasteiger partial charge in [-0.2, -0.15) is 0 Å². The molecule has 272 valence electrons. The van der Waals surface area contributed by atoms with Crippen molar-refractivity contribution in [1.82, 2.24) is 0 Å². The Balaban J connectivity index is 0.945. The van der Waals surface area contributed by atoms with Crippen molar-refractivity contribution in [1.29, 1.82) is 0 Å². The molecule has 2 nitrogen and oxygen atoms in total. The van der Waals surface area contributed by atoms with E-state index >= 15 is 0 Å². The van der Waals surface area contributed by atoms with E-state index in [9.17, 15) is 0 Å². The molecule has 0 spiro atoms. The van der Waals surface area contributed by atoms with E-state index in [1.54, 1.807) is 0 Å². The third-order valence-corrected chi connectivity index (χ3v) is 11.6. The summed E-state index contributed by atoms with van der Waals surface area (Å²) in [6.07, 6.45) is 0. The molecule has 58 heavy (non-hydrogen) atoms. The first-order chi connectivity index (χ1) is 28.7. The fourth-order valence-corrected chi connectivity index (χ4v) is 8.69. The van der Waals surface area contributed by atoms with E-state index in [0.29, 0.717) is 0 Å². The molecule has 1 aliphatic heterocycles. The fourth-order valence-electron chi connectivity index (χ4n) is 8.69. The first kappa shape index (κ1) is 33.6. The number of anilines is 6. The van der Waals surface area contributed by atoms with Gasteiger partial charge in [-0.3, -0.25) is 0 Å². The zero-order valence-corrected chi connectivity index (χ0v) is 31.8. The largest absolute Gasteiger partial charge is 0.311 e. The Labute approximate surface area is 339 Å². The summed E-state index contributed by atoms with van der Waals surface area (Å²) in [7, 11) is 0. The summed E-state index contributed by atoms with van der Waals surface area (Å²) < 4.78 is 0. The van der Waals surface area contributed by atoms with Crippen molar-refractivity contribution in [2.45, 2.75) is 0 Å². The highest BCUT2D eigenvalue weighted by atomic mass is 15.2. The second-order valence-electron chi connectivity index (χ2n) is 15.0. The molecule has 2 heteroatoms. The number of hydrogen-bond donors (Lipinski definition) is 0. The third-order valence-electron chi connectivity index (χ3n) is 11.6. The Kier molecular flexibility index (Phi) is 8.19. The van der Waals surface area contributed by atoms with Gasteiger partial charge >= 0.3 is 0 Å². The van der Waals surface area contributed by atoms with Crippen LogP contribution in [0, 0.1) is 0 Å². The van der Waals surface area contributed by atoms with Crippen LogP contribution >= 0.6 is 0 Å². The van der Waals surface area contributed by atoms with E-state index < -0.39 is 0 Å². The van der Waals surface area contributed by atoms with Gasteiger partial charge < -0.3 is 9.80 Å². The van der Waals surface area contributed by atoms with Crippen LogP contribution in [0.1, 0.15) is 0 Å². The molecule has 10 aromatic carbocycles. The molecular weight excluding hydrogens is 701 g/mol. The Bertz CT molecular complexity index is 2970. The minimum atomic E-state index is 1.10. The van der Waals surface area contributed by atoms with E-state index in [2.05, 4.69) is 240 Å². The molecule has 0 radical (unpaired) electrons. The predicted octanol–water partition coefficient (Wildman–Crippen LogP) is 15.9. The summed E-state index contributed by atoms with van der Waals surface area (Å²) in [5, 5.41) is 5.04.